The fourth-order valence-electron chi connectivity index (χ4n) is 2.47. The highest BCUT2D eigenvalue weighted by atomic mass is 16.5. The first-order valence-corrected chi connectivity index (χ1v) is 6.56. The minimum Gasteiger partial charge on any atom is -0.478 e. The quantitative estimate of drug-likeness (QED) is 0.885. The zero-order valence-corrected chi connectivity index (χ0v) is 11.0. The van der Waals surface area contributed by atoms with Crippen LogP contribution in [-0.2, 0) is 4.79 Å². The second kappa shape index (κ2) is 5.01. The van der Waals surface area contributed by atoms with Crippen molar-refractivity contribution in [3.8, 4) is 5.75 Å². The van der Waals surface area contributed by atoms with Crippen LogP contribution in [0.1, 0.15) is 51.0 Å². The molecule has 3 nitrogen and oxygen atoms in total. The Hall–Kier alpha value is -1.51. The van der Waals surface area contributed by atoms with E-state index in [1.165, 1.54) is 5.56 Å². The predicted octanol–water partition coefficient (Wildman–Crippen LogP) is 3.59. The van der Waals surface area contributed by atoms with Crippen LogP contribution in [-0.4, -0.2) is 16.7 Å². The molecule has 1 aromatic rings. The maximum Gasteiger partial charge on any atom is 0.348 e. The zero-order valence-electron chi connectivity index (χ0n) is 11.0. The lowest BCUT2D eigenvalue weighted by atomic mass is 10.0. The van der Waals surface area contributed by atoms with E-state index in [0.29, 0.717) is 24.5 Å². The highest BCUT2D eigenvalue weighted by molar-refractivity contribution is 5.78. The van der Waals surface area contributed by atoms with Crippen molar-refractivity contribution in [2.75, 3.05) is 0 Å². The highest BCUT2D eigenvalue weighted by Gasteiger charge is 2.43. The lowest BCUT2D eigenvalue weighted by molar-refractivity contribution is -0.154. The summed E-state index contributed by atoms with van der Waals surface area (Å²) >= 11 is 0. The van der Waals surface area contributed by atoms with Crippen LogP contribution in [0.15, 0.2) is 24.3 Å². The van der Waals surface area contributed by atoms with Crippen molar-refractivity contribution in [1.29, 1.82) is 0 Å². The predicted molar refractivity (Wildman–Crippen MR) is 70.0 cm³/mol. The Bertz CT molecular complexity index is 431. The Kier molecular flexibility index (Phi) is 3.60. The van der Waals surface area contributed by atoms with Crippen molar-refractivity contribution in [1.82, 2.24) is 0 Å². The van der Waals surface area contributed by atoms with E-state index in [4.69, 9.17) is 4.74 Å². The third-order valence-electron chi connectivity index (χ3n) is 3.64. The summed E-state index contributed by atoms with van der Waals surface area (Å²) in [5.41, 5.74) is 0.168. The maximum atomic E-state index is 11.4. The van der Waals surface area contributed by atoms with Crippen LogP contribution in [0.4, 0.5) is 0 Å². The molecule has 0 radical (unpaired) electrons. The van der Waals surface area contributed by atoms with Crippen molar-refractivity contribution in [3.63, 3.8) is 0 Å². The van der Waals surface area contributed by atoms with E-state index in [0.717, 1.165) is 12.8 Å². The number of hydrogen-bond donors (Lipinski definition) is 1. The molecule has 0 unspecified atom stereocenters. The van der Waals surface area contributed by atoms with E-state index >= 15 is 0 Å². The van der Waals surface area contributed by atoms with E-state index in [9.17, 15) is 9.90 Å². The third kappa shape index (κ3) is 2.50. The first kappa shape index (κ1) is 12.9. The summed E-state index contributed by atoms with van der Waals surface area (Å²) in [6.07, 6.45) is 3.06. The number of carboxylic acid groups (broad SMARTS) is 1. The van der Waals surface area contributed by atoms with Gasteiger partial charge in [-0.3, -0.25) is 0 Å². The first-order valence-electron chi connectivity index (χ1n) is 6.56. The monoisotopic (exact) mass is 248 g/mol. The molecule has 1 fully saturated rings. The molecule has 2 rings (SSSR count). The topological polar surface area (TPSA) is 46.5 Å². The molecule has 98 valence electrons. The molecule has 18 heavy (non-hydrogen) atoms. The van der Waals surface area contributed by atoms with Gasteiger partial charge in [0.05, 0.1) is 0 Å². The molecule has 1 aromatic carbocycles. The summed E-state index contributed by atoms with van der Waals surface area (Å²) in [5.74, 6) is 0.248. The van der Waals surface area contributed by atoms with Gasteiger partial charge in [0.1, 0.15) is 5.75 Å². The van der Waals surface area contributed by atoms with Crippen LogP contribution < -0.4 is 4.74 Å². The number of aliphatic carboxylic acids is 1. The number of hydrogen-bond acceptors (Lipinski definition) is 2. The van der Waals surface area contributed by atoms with Crippen LogP contribution in [0.2, 0.25) is 0 Å². The van der Waals surface area contributed by atoms with Gasteiger partial charge in [-0.25, -0.2) is 4.79 Å². The SMILES string of the molecule is CC(C)c1cccc(OC2(C(=O)O)CCCC2)c1. The number of ether oxygens (including phenoxy) is 1. The van der Waals surface area contributed by atoms with E-state index in [1.54, 1.807) is 0 Å². The lowest BCUT2D eigenvalue weighted by Crippen LogP contribution is -2.41. The first-order chi connectivity index (χ1) is 8.53. The summed E-state index contributed by atoms with van der Waals surface area (Å²) in [5, 5.41) is 9.38. The van der Waals surface area contributed by atoms with E-state index in [-0.39, 0.29) is 0 Å². The van der Waals surface area contributed by atoms with Gasteiger partial charge in [0, 0.05) is 0 Å². The molecule has 0 saturated heterocycles. The molecule has 0 bridgehead atoms. The second-order valence-corrected chi connectivity index (χ2v) is 5.34. The van der Waals surface area contributed by atoms with Crippen LogP contribution >= 0.6 is 0 Å². The van der Waals surface area contributed by atoms with Crippen molar-refractivity contribution < 1.29 is 14.6 Å². The Labute approximate surface area is 108 Å². The highest BCUT2D eigenvalue weighted by Crippen LogP contribution is 2.35. The van der Waals surface area contributed by atoms with Gasteiger partial charge in [-0.1, -0.05) is 26.0 Å². The van der Waals surface area contributed by atoms with Crippen molar-refractivity contribution in [2.45, 2.75) is 51.0 Å². The molecule has 1 aliphatic rings. The number of carboxylic acids is 1. The average Bonchev–Trinajstić information content (AvgIpc) is 2.79. The van der Waals surface area contributed by atoms with Crippen molar-refractivity contribution >= 4 is 5.97 Å². The molecule has 0 heterocycles. The Balaban J connectivity index is 2.22. The normalized spacial score (nSPS) is 17.9. The number of benzene rings is 1. The molecular formula is C15H20O3. The van der Waals surface area contributed by atoms with Crippen LogP contribution in [0, 0.1) is 0 Å². The standard InChI is InChI=1S/C15H20O3/c1-11(2)12-6-5-7-13(10-12)18-15(14(16)17)8-3-4-9-15/h5-7,10-11H,3-4,8-9H2,1-2H3,(H,16,17). The Morgan fingerprint density at radius 1 is 1.33 bits per heavy atom. The Morgan fingerprint density at radius 2 is 2.00 bits per heavy atom. The van der Waals surface area contributed by atoms with Gasteiger partial charge in [0.15, 0.2) is 0 Å². The van der Waals surface area contributed by atoms with Gasteiger partial charge in [0.25, 0.3) is 0 Å². The van der Waals surface area contributed by atoms with Gasteiger partial charge in [-0.15, -0.1) is 0 Å². The van der Waals surface area contributed by atoms with Gasteiger partial charge >= 0.3 is 5.97 Å². The molecule has 0 atom stereocenters. The molecule has 1 N–H and O–H groups in total. The van der Waals surface area contributed by atoms with E-state index in [2.05, 4.69) is 13.8 Å². The van der Waals surface area contributed by atoms with Gasteiger partial charge in [0.2, 0.25) is 5.60 Å². The van der Waals surface area contributed by atoms with E-state index < -0.39 is 11.6 Å². The second-order valence-electron chi connectivity index (χ2n) is 5.34. The molecule has 1 saturated carbocycles. The van der Waals surface area contributed by atoms with Crippen LogP contribution in [0.5, 0.6) is 5.75 Å². The Morgan fingerprint density at radius 3 is 2.56 bits per heavy atom. The van der Waals surface area contributed by atoms with Gasteiger partial charge < -0.3 is 9.84 Å². The van der Waals surface area contributed by atoms with Crippen molar-refractivity contribution in [2.24, 2.45) is 0 Å². The van der Waals surface area contributed by atoms with Gasteiger partial charge in [-0.05, 0) is 49.3 Å². The molecule has 1 aliphatic carbocycles. The third-order valence-corrected chi connectivity index (χ3v) is 3.64. The average molecular weight is 248 g/mol. The number of rotatable bonds is 4. The molecule has 0 aromatic heterocycles. The van der Waals surface area contributed by atoms with E-state index in [1.807, 2.05) is 24.3 Å². The van der Waals surface area contributed by atoms with Crippen LogP contribution in [0.25, 0.3) is 0 Å². The maximum absolute atomic E-state index is 11.4. The summed E-state index contributed by atoms with van der Waals surface area (Å²) < 4.78 is 5.82. The summed E-state index contributed by atoms with van der Waals surface area (Å²) in [4.78, 5) is 11.4. The van der Waals surface area contributed by atoms with Gasteiger partial charge in [-0.2, -0.15) is 0 Å². The molecule has 3 heteroatoms. The minimum atomic E-state index is -1.00. The van der Waals surface area contributed by atoms with Crippen molar-refractivity contribution in [3.05, 3.63) is 29.8 Å². The summed E-state index contributed by atoms with van der Waals surface area (Å²) in [7, 11) is 0. The zero-order chi connectivity index (χ0) is 13.2. The fraction of sp³-hybridized carbons (Fsp3) is 0.533. The molecule has 0 aliphatic heterocycles. The smallest absolute Gasteiger partial charge is 0.348 e. The van der Waals surface area contributed by atoms with Crippen LogP contribution in [0.3, 0.4) is 0 Å². The molecule has 0 amide bonds. The number of carbonyl (C=O) groups is 1. The molecular weight excluding hydrogens is 228 g/mol. The largest absolute Gasteiger partial charge is 0.478 e. The minimum absolute atomic E-state index is 0.415. The summed E-state index contributed by atoms with van der Waals surface area (Å²) in [6, 6.07) is 7.76. The fourth-order valence-corrected chi connectivity index (χ4v) is 2.47. The summed E-state index contributed by atoms with van der Waals surface area (Å²) in [6.45, 7) is 4.23. The molecule has 0 spiro atoms. The lowest BCUT2D eigenvalue weighted by Gasteiger charge is -2.26.